The van der Waals surface area contributed by atoms with Crippen molar-refractivity contribution in [2.45, 2.75) is 4.90 Å². The van der Waals surface area contributed by atoms with Gasteiger partial charge >= 0.3 is 0 Å². The number of sulfonamides is 1. The van der Waals surface area contributed by atoms with Crippen molar-refractivity contribution in [2.75, 3.05) is 18.9 Å². The Morgan fingerprint density at radius 3 is 2.56 bits per heavy atom. The molecule has 100 valence electrons. The summed E-state index contributed by atoms with van der Waals surface area (Å²) in [6, 6.07) is 2.44. The van der Waals surface area contributed by atoms with Crippen LogP contribution in [0.25, 0.3) is 0 Å². The van der Waals surface area contributed by atoms with E-state index in [0.717, 1.165) is 16.4 Å². The Hall–Kier alpha value is -1.06. The van der Waals surface area contributed by atoms with Crippen molar-refractivity contribution in [3.63, 3.8) is 0 Å². The van der Waals surface area contributed by atoms with Crippen molar-refractivity contribution in [1.29, 1.82) is 0 Å². The van der Waals surface area contributed by atoms with Crippen LogP contribution < -0.4 is 0 Å². The summed E-state index contributed by atoms with van der Waals surface area (Å²) in [7, 11) is -2.67. The third kappa shape index (κ3) is 3.03. The van der Waals surface area contributed by atoms with Crippen molar-refractivity contribution in [3.8, 4) is 0 Å². The summed E-state index contributed by atoms with van der Waals surface area (Å²) in [5.41, 5.74) is -0.491. The van der Waals surface area contributed by atoms with Crippen LogP contribution in [0.4, 0.5) is 10.1 Å². The Morgan fingerprint density at radius 1 is 1.50 bits per heavy atom. The summed E-state index contributed by atoms with van der Waals surface area (Å²) in [6.07, 6.45) is 0. The van der Waals surface area contributed by atoms with E-state index in [2.05, 4.69) is 15.9 Å². The van der Waals surface area contributed by atoms with Crippen molar-refractivity contribution in [1.82, 2.24) is 4.31 Å². The minimum atomic E-state index is -3.97. The predicted molar refractivity (Wildman–Crippen MR) is 66.7 cm³/mol. The minimum Gasteiger partial charge on any atom is -0.258 e. The fourth-order valence-corrected chi connectivity index (χ4v) is 3.20. The number of nitro benzene ring substituents is 1. The fourth-order valence-electron chi connectivity index (χ4n) is 1.22. The van der Waals surface area contributed by atoms with Crippen LogP contribution in [0, 0.1) is 15.9 Å². The molecule has 0 heterocycles. The van der Waals surface area contributed by atoms with Crippen LogP contribution in [0.3, 0.4) is 0 Å². The standard InChI is InChI=1S/C9H10BrFN2O4S/c1-12(5-4-10)18(16,17)9-3-2-7(13(14)15)6-8(9)11/h2-3,6H,4-5H2,1H3. The first-order chi connectivity index (χ1) is 8.30. The second-order valence-electron chi connectivity index (χ2n) is 3.39. The van der Waals surface area contributed by atoms with Gasteiger partial charge in [-0.15, -0.1) is 0 Å². The minimum absolute atomic E-state index is 0.165. The summed E-state index contributed by atoms with van der Waals surface area (Å²) in [6.45, 7) is 0.165. The van der Waals surface area contributed by atoms with E-state index < -0.39 is 31.3 Å². The molecular weight excluding hydrogens is 331 g/mol. The topological polar surface area (TPSA) is 80.5 Å². The van der Waals surface area contributed by atoms with E-state index in [4.69, 9.17) is 0 Å². The lowest BCUT2D eigenvalue weighted by atomic mass is 10.3. The van der Waals surface area contributed by atoms with Crippen molar-refractivity contribution in [2.24, 2.45) is 0 Å². The zero-order valence-electron chi connectivity index (χ0n) is 9.34. The first-order valence-electron chi connectivity index (χ1n) is 4.77. The molecule has 0 bridgehead atoms. The molecule has 0 N–H and O–H groups in total. The number of nitrogens with zero attached hydrogens (tertiary/aromatic N) is 2. The second kappa shape index (κ2) is 5.72. The van der Waals surface area contributed by atoms with Crippen LogP contribution in [-0.2, 0) is 10.0 Å². The van der Waals surface area contributed by atoms with Gasteiger partial charge in [-0.05, 0) is 6.07 Å². The van der Waals surface area contributed by atoms with Gasteiger partial charge in [0.15, 0.2) is 0 Å². The van der Waals surface area contributed by atoms with Crippen LogP contribution in [-0.4, -0.2) is 36.6 Å². The lowest BCUT2D eigenvalue weighted by molar-refractivity contribution is -0.385. The number of hydrogen-bond donors (Lipinski definition) is 0. The molecular formula is C9H10BrFN2O4S. The second-order valence-corrected chi connectivity index (χ2v) is 6.19. The Balaban J connectivity index is 3.22. The molecule has 0 radical (unpaired) electrons. The van der Waals surface area contributed by atoms with E-state index in [1.807, 2.05) is 0 Å². The molecule has 6 nitrogen and oxygen atoms in total. The van der Waals surface area contributed by atoms with E-state index in [1.54, 1.807) is 0 Å². The van der Waals surface area contributed by atoms with E-state index in [-0.39, 0.29) is 6.54 Å². The molecule has 0 aliphatic rings. The van der Waals surface area contributed by atoms with Gasteiger partial charge in [0.05, 0.1) is 11.0 Å². The number of halogens is 2. The molecule has 1 aromatic rings. The number of non-ortho nitro benzene ring substituents is 1. The first kappa shape index (κ1) is 15.0. The smallest absolute Gasteiger partial charge is 0.258 e. The number of nitro groups is 1. The van der Waals surface area contributed by atoms with Crippen LogP contribution in [0.5, 0.6) is 0 Å². The van der Waals surface area contributed by atoms with Gasteiger partial charge in [0.2, 0.25) is 10.0 Å². The van der Waals surface area contributed by atoms with Crippen LogP contribution in [0.1, 0.15) is 0 Å². The van der Waals surface area contributed by atoms with Crippen molar-refractivity contribution < 1.29 is 17.7 Å². The molecule has 0 aliphatic carbocycles. The quantitative estimate of drug-likeness (QED) is 0.464. The lowest BCUT2D eigenvalue weighted by Gasteiger charge is -2.15. The Kier molecular flexibility index (Phi) is 4.77. The summed E-state index contributed by atoms with van der Waals surface area (Å²) >= 11 is 3.08. The number of alkyl halides is 1. The third-order valence-electron chi connectivity index (χ3n) is 2.21. The molecule has 18 heavy (non-hydrogen) atoms. The van der Waals surface area contributed by atoms with Gasteiger partial charge in [-0.2, -0.15) is 0 Å². The van der Waals surface area contributed by atoms with Gasteiger partial charge in [-0.1, -0.05) is 15.9 Å². The fraction of sp³-hybridized carbons (Fsp3) is 0.333. The molecule has 0 aliphatic heterocycles. The maximum absolute atomic E-state index is 13.6. The van der Waals surface area contributed by atoms with Crippen LogP contribution in [0.15, 0.2) is 23.1 Å². The highest BCUT2D eigenvalue weighted by Crippen LogP contribution is 2.22. The summed E-state index contributed by atoms with van der Waals surface area (Å²) < 4.78 is 38.4. The van der Waals surface area contributed by atoms with Gasteiger partial charge in [0.25, 0.3) is 5.69 Å². The van der Waals surface area contributed by atoms with E-state index in [1.165, 1.54) is 7.05 Å². The summed E-state index contributed by atoms with van der Waals surface area (Å²) in [4.78, 5) is 9.06. The molecule has 0 aromatic heterocycles. The number of benzene rings is 1. The SMILES string of the molecule is CN(CCBr)S(=O)(=O)c1ccc([N+](=O)[O-])cc1F. The Bertz CT molecular complexity index is 564. The zero-order valence-corrected chi connectivity index (χ0v) is 11.7. The molecule has 0 atom stereocenters. The number of hydrogen-bond acceptors (Lipinski definition) is 4. The van der Waals surface area contributed by atoms with Crippen LogP contribution in [0.2, 0.25) is 0 Å². The largest absolute Gasteiger partial charge is 0.272 e. The van der Waals surface area contributed by atoms with Gasteiger partial charge in [-0.25, -0.2) is 17.1 Å². The molecule has 0 saturated carbocycles. The molecule has 0 spiro atoms. The number of rotatable bonds is 5. The van der Waals surface area contributed by atoms with Gasteiger partial charge in [0.1, 0.15) is 10.7 Å². The van der Waals surface area contributed by atoms with E-state index >= 15 is 0 Å². The molecule has 1 rings (SSSR count). The average Bonchev–Trinajstić information content (AvgIpc) is 2.28. The third-order valence-corrected chi connectivity index (χ3v) is 4.46. The van der Waals surface area contributed by atoms with Gasteiger partial charge in [0, 0.05) is 25.0 Å². The van der Waals surface area contributed by atoms with E-state index in [9.17, 15) is 22.9 Å². The highest BCUT2D eigenvalue weighted by atomic mass is 79.9. The molecule has 0 unspecified atom stereocenters. The summed E-state index contributed by atoms with van der Waals surface area (Å²) in [5.74, 6) is -1.13. The highest BCUT2D eigenvalue weighted by Gasteiger charge is 2.25. The normalized spacial score (nSPS) is 11.8. The molecule has 0 fully saturated rings. The molecule has 9 heteroatoms. The Labute approximate surface area is 112 Å². The van der Waals surface area contributed by atoms with Gasteiger partial charge < -0.3 is 0 Å². The summed E-state index contributed by atoms with van der Waals surface area (Å²) in [5, 5.41) is 10.8. The molecule has 1 aromatic carbocycles. The monoisotopic (exact) mass is 340 g/mol. The van der Waals surface area contributed by atoms with Crippen molar-refractivity contribution >= 4 is 31.6 Å². The maximum atomic E-state index is 13.6. The Morgan fingerprint density at radius 2 is 2.11 bits per heavy atom. The van der Waals surface area contributed by atoms with Crippen molar-refractivity contribution in [3.05, 3.63) is 34.1 Å². The first-order valence-corrected chi connectivity index (χ1v) is 7.33. The average molecular weight is 341 g/mol. The highest BCUT2D eigenvalue weighted by molar-refractivity contribution is 9.09. The maximum Gasteiger partial charge on any atom is 0.272 e. The van der Waals surface area contributed by atoms with E-state index in [0.29, 0.717) is 11.4 Å². The van der Waals surface area contributed by atoms with Gasteiger partial charge in [-0.3, -0.25) is 10.1 Å². The molecule has 0 amide bonds. The van der Waals surface area contributed by atoms with Crippen LogP contribution >= 0.6 is 15.9 Å². The molecule has 0 saturated heterocycles. The predicted octanol–water partition coefficient (Wildman–Crippen LogP) is 1.75. The lowest BCUT2D eigenvalue weighted by Crippen LogP contribution is -2.29. The zero-order chi connectivity index (χ0) is 13.9.